The number of rotatable bonds is 5. The summed E-state index contributed by atoms with van der Waals surface area (Å²) in [6.45, 7) is 5.76. The molecule has 0 aliphatic heterocycles. The molecule has 114 valence electrons. The Hall–Kier alpha value is -1.46. The van der Waals surface area contributed by atoms with E-state index in [1.165, 1.54) is 23.5 Å². The van der Waals surface area contributed by atoms with Crippen LogP contribution in [0.5, 0.6) is 0 Å². The Morgan fingerprint density at radius 1 is 1.48 bits per heavy atom. The topological polar surface area (TPSA) is 49.3 Å². The molecule has 0 radical (unpaired) electrons. The van der Waals surface area contributed by atoms with Gasteiger partial charge in [0.05, 0.1) is 4.88 Å². The Kier molecular flexibility index (Phi) is 4.64. The first-order chi connectivity index (χ1) is 9.90. The largest absolute Gasteiger partial charge is 0.396 e. The first kappa shape index (κ1) is 15.9. The molecule has 2 N–H and O–H groups in total. The van der Waals surface area contributed by atoms with Crippen molar-refractivity contribution in [2.24, 2.45) is 0 Å². The third-order valence-corrected chi connectivity index (χ3v) is 5.24. The average Bonchev–Trinajstić information content (AvgIpc) is 2.76. The van der Waals surface area contributed by atoms with E-state index in [1.54, 1.807) is 6.07 Å². The summed E-state index contributed by atoms with van der Waals surface area (Å²) in [5, 5.41) is 12.9. The van der Waals surface area contributed by atoms with Gasteiger partial charge in [-0.2, -0.15) is 0 Å². The molecule has 3 nitrogen and oxygen atoms in total. The summed E-state index contributed by atoms with van der Waals surface area (Å²) in [6, 6.07) is 4.57. The highest BCUT2D eigenvalue weighted by atomic mass is 32.1. The van der Waals surface area contributed by atoms with Crippen LogP contribution in [0.3, 0.4) is 0 Å². The number of benzene rings is 1. The number of aliphatic hydroxyl groups excluding tert-OH is 1. The number of aryl methyl sites for hydroxylation is 1. The second kappa shape index (κ2) is 6.12. The molecule has 1 atom stereocenters. The first-order valence-electron chi connectivity index (χ1n) is 7.02. The van der Waals surface area contributed by atoms with Gasteiger partial charge in [-0.3, -0.25) is 4.79 Å². The maximum absolute atomic E-state index is 13.3. The minimum Gasteiger partial charge on any atom is -0.396 e. The van der Waals surface area contributed by atoms with E-state index in [0.717, 1.165) is 22.1 Å². The number of halogens is 1. The molecule has 0 aliphatic rings. The number of thiophene rings is 1. The molecule has 1 heterocycles. The van der Waals surface area contributed by atoms with Crippen LogP contribution in [0, 0.1) is 12.7 Å². The molecule has 0 aliphatic carbocycles. The SMILES string of the molecule is CCC(C)(CCO)NC(=O)c1sc2ccc(F)cc2c1C. The van der Waals surface area contributed by atoms with Crippen LogP contribution in [-0.2, 0) is 0 Å². The van der Waals surface area contributed by atoms with Gasteiger partial charge in [0.2, 0.25) is 0 Å². The summed E-state index contributed by atoms with van der Waals surface area (Å²) in [5.74, 6) is -0.457. The van der Waals surface area contributed by atoms with Crippen LogP contribution in [-0.4, -0.2) is 23.2 Å². The van der Waals surface area contributed by atoms with Crippen LogP contribution in [0.1, 0.15) is 41.9 Å². The molecule has 1 aromatic heterocycles. The number of nitrogens with one attached hydrogen (secondary N) is 1. The van der Waals surface area contributed by atoms with E-state index in [1.807, 2.05) is 20.8 Å². The molecule has 5 heteroatoms. The van der Waals surface area contributed by atoms with Gasteiger partial charge < -0.3 is 10.4 Å². The second-order valence-electron chi connectivity index (χ2n) is 5.54. The van der Waals surface area contributed by atoms with Crippen molar-refractivity contribution < 1.29 is 14.3 Å². The van der Waals surface area contributed by atoms with E-state index >= 15 is 0 Å². The lowest BCUT2D eigenvalue weighted by Crippen LogP contribution is -2.46. The number of hydrogen-bond acceptors (Lipinski definition) is 3. The van der Waals surface area contributed by atoms with E-state index in [-0.39, 0.29) is 18.3 Å². The zero-order valence-corrected chi connectivity index (χ0v) is 13.3. The average molecular weight is 309 g/mol. The highest BCUT2D eigenvalue weighted by Gasteiger charge is 2.26. The van der Waals surface area contributed by atoms with Gasteiger partial charge in [-0.25, -0.2) is 4.39 Å². The second-order valence-corrected chi connectivity index (χ2v) is 6.59. The van der Waals surface area contributed by atoms with E-state index < -0.39 is 5.54 Å². The lowest BCUT2D eigenvalue weighted by atomic mass is 9.94. The van der Waals surface area contributed by atoms with E-state index in [9.17, 15) is 9.18 Å². The van der Waals surface area contributed by atoms with Gasteiger partial charge in [0.25, 0.3) is 5.91 Å². The number of aliphatic hydroxyl groups is 1. The van der Waals surface area contributed by atoms with Crippen molar-refractivity contribution in [2.45, 2.75) is 39.2 Å². The summed E-state index contributed by atoms with van der Waals surface area (Å²) in [6.07, 6.45) is 1.24. The van der Waals surface area contributed by atoms with Crippen LogP contribution in [0.2, 0.25) is 0 Å². The van der Waals surface area contributed by atoms with Crippen LogP contribution in [0.4, 0.5) is 4.39 Å². The molecule has 0 bridgehead atoms. The highest BCUT2D eigenvalue weighted by Crippen LogP contribution is 2.31. The molecular formula is C16H20FNO2S. The molecular weight excluding hydrogens is 289 g/mol. The van der Waals surface area contributed by atoms with Gasteiger partial charge >= 0.3 is 0 Å². The predicted octanol–water partition coefficient (Wildman–Crippen LogP) is 3.63. The number of hydrogen-bond donors (Lipinski definition) is 2. The zero-order valence-electron chi connectivity index (χ0n) is 12.5. The molecule has 21 heavy (non-hydrogen) atoms. The fraction of sp³-hybridized carbons (Fsp3) is 0.438. The third kappa shape index (κ3) is 3.24. The summed E-state index contributed by atoms with van der Waals surface area (Å²) < 4.78 is 14.2. The number of carbonyl (C=O) groups is 1. The van der Waals surface area contributed by atoms with E-state index in [0.29, 0.717) is 11.3 Å². The predicted molar refractivity (Wildman–Crippen MR) is 84.4 cm³/mol. The van der Waals surface area contributed by atoms with Crippen molar-refractivity contribution in [3.63, 3.8) is 0 Å². The third-order valence-electron chi connectivity index (χ3n) is 3.96. The standard InChI is InChI=1S/C16H20FNO2S/c1-4-16(3,7-8-19)18-15(20)14-10(2)12-9-11(17)5-6-13(12)21-14/h5-6,9,19H,4,7-8H2,1-3H3,(H,18,20). The van der Waals surface area contributed by atoms with Gasteiger partial charge in [-0.15, -0.1) is 11.3 Å². The van der Waals surface area contributed by atoms with Crippen molar-refractivity contribution >= 4 is 27.3 Å². The van der Waals surface area contributed by atoms with Crippen molar-refractivity contribution in [2.75, 3.05) is 6.61 Å². The monoisotopic (exact) mass is 309 g/mol. The molecule has 2 aromatic rings. The minimum atomic E-state index is -0.431. The summed E-state index contributed by atoms with van der Waals surface area (Å²) in [4.78, 5) is 13.1. The summed E-state index contributed by atoms with van der Waals surface area (Å²) in [5.41, 5.74) is 0.370. The van der Waals surface area contributed by atoms with Crippen molar-refractivity contribution in [1.29, 1.82) is 0 Å². The summed E-state index contributed by atoms with van der Waals surface area (Å²) in [7, 11) is 0. The molecule has 0 spiro atoms. The fourth-order valence-corrected chi connectivity index (χ4v) is 3.40. The van der Waals surface area contributed by atoms with Crippen molar-refractivity contribution in [1.82, 2.24) is 5.32 Å². The molecule has 0 saturated carbocycles. The number of fused-ring (bicyclic) bond motifs is 1. The fourth-order valence-electron chi connectivity index (χ4n) is 2.31. The van der Waals surface area contributed by atoms with E-state index in [4.69, 9.17) is 5.11 Å². The van der Waals surface area contributed by atoms with Crippen LogP contribution in [0.15, 0.2) is 18.2 Å². The van der Waals surface area contributed by atoms with Gasteiger partial charge in [0, 0.05) is 16.8 Å². The maximum atomic E-state index is 13.3. The molecule has 1 aromatic carbocycles. The first-order valence-corrected chi connectivity index (χ1v) is 7.84. The normalized spacial score (nSPS) is 14.1. The molecule has 0 fully saturated rings. The van der Waals surface area contributed by atoms with Crippen molar-refractivity contribution in [3.8, 4) is 0 Å². The highest BCUT2D eigenvalue weighted by molar-refractivity contribution is 7.21. The molecule has 1 unspecified atom stereocenters. The van der Waals surface area contributed by atoms with Crippen molar-refractivity contribution in [3.05, 3.63) is 34.5 Å². The van der Waals surface area contributed by atoms with Crippen LogP contribution in [0.25, 0.3) is 10.1 Å². The molecule has 1 amide bonds. The van der Waals surface area contributed by atoms with E-state index in [2.05, 4.69) is 5.32 Å². The molecule has 0 saturated heterocycles. The molecule has 2 rings (SSSR count). The maximum Gasteiger partial charge on any atom is 0.262 e. The van der Waals surface area contributed by atoms with Crippen LogP contribution < -0.4 is 5.32 Å². The Morgan fingerprint density at radius 2 is 2.19 bits per heavy atom. The Morgan fingerprint density at radius 3 is 2.81 bits per heavy atom. The van der Waals surface area contributed by atoms with Gasteiger partial charge in [0.1, 0.15) is 5.82 Å². The zero-order chi connectivity index (χ0) is 15.6. The Balaban J connectivity index is 2.33. The minimum absolute atomic E-state index is 0.0290. The Labute approximate surface area is 127 Å². The van der Waals surface area contributed by atoms with Gasteiger partial charge in [-0.05, 0) is 55.8 Å². The number of carbonyl (C=O) groups excluding carboxylic acids is 1. The lowest BCUT2D eigenvalue weighted by Gasteiger charge is -2.28. The van der Waals surface area contributed by atoms with Gasteiger partial charge in [0.15, 0.2) is 0 Å². The lowest BCUT2D eigenvalue weighted by molar-refractivity contribution is 0.0890. The Bertz CT molecular complexity index is 668. The number of amides is 1. The summed E-state index contributed by atoms with van der Waals surface area (Å²) >= 11 is 1.37. The van der Waals surface area contributed by atoms with Crippen LogP contribution >= 0.6 is 11.3 Å². The quantitative estimate of drug-likeness (QED) is 0.886. The van der Waals surface area contributed by atoms with Gasteiger partial charge in [-0.1, -0.05) is 6.92 Å². The smallest absolute Gasteiger partial charge is 0.262 e.